The summed E-state index contributed by atoms with van der Waals surface area (Å²) >= 11 is 0. The van der Waals surface area contributed by atoms with Crippen LogP contribution in [-0.2, 0) is 10.3 Å². The minimum Gasteiger partial charge on any atom is -0.480 e. The van der Waals surface area contributed by atoms with Gasteiger partial charge >= 0.3 is 5.97 Å². The second-order valence-corrected chi connectivity index (χ2v) is 4.35. The van der Waals surface area contributed by atoms with Crippen LogP contribution in [0.25, 0.3) is 0 Å². The topological polar surface area (TPSA) is 49.3 Å². The molecule has 0 aliphatic carbocycles. The Morgan fingerprint density at radius 1 is 1.41 bits per heavy atom. The van der Waals surface area contributed by atoms with Gasteiger partial charge in [-0.3, -0.25) is 5.32 Å². The van der Waals surface area contributed by atoms with Gasteiger partial charge in [-0.15, -0.1) is 0 Å². The molecule has 0 heterocycles. The Morgan fingerprint density at radius 3 is 2.41 bits per heavy atom. The fourth-order valence-electron chi connectivity index (χ4n) is 1.73. The van der Waals surface area contributed by atoms with Crippen LogP contribution in [0.3, 0.4) is 0 Å². The maximum atomic E-state index is 13.6. The minimum atomic E-state index is -1.58. The zero-order chi connectivity index (χ0) is 13.2. The van der Waals surface area contributed by atoms with Crippen molar-refractivity contribution in [3.8, 4) is 0 Å². The highest BCUT2D eigenvalue weighted by molar-refractivity contribution is 5.80. The Hall–Kier alpha value is -1.49. The van der Waals surface area contributed by atoms with Crippen molar-refractivity contribution >= 4 is 5.97 Å². The van der Waals surface area contributed by atoms with Gasteiger partial charge in [-0.2, -0.15) is 0 Å². The molecule has 2 N–H and O–H groups in total. The van der Waals surface area contributed by atoms with E-state index in [0.29, 0.717) is 6.07 Å². The lowest BCUT2D eigenvalue weighted by molar-refractivity contribution is -0.145. The van der Waals surface area contributed by atoms with Crippen LogP contribution in [-0.4, -0.2) is 17.1 Å². The van der Waals surface area contributed by atoms with Gasteiger partial charge in [0.1, 0.15) is 17.2 Å². The predicted octanol–water partition coefficient (Wildman–Crippen LogP) is 2.26. The average Bonchev–Trinajstić information content (AvgIpc) is 2.15. The van der Waals surface area contributed by atoms with Gasteiger partial charge in [0.25, 0.3) is 0 Å². The van der Waals surface area contributed by atoms with Gasteiger partial charge in [-0.05, 0) is 26.8 Å². The van der Waals surface area contributed by atoms with Crippen LogP contribution in [0.1, 0.15) is 26.3 Å². The molecule has 17 heavy (non-hydrogen) atoms. The third-order valence-corrected chi connectivity index (χ3v) is 2.47. The van der Waals surface area contributed by atoms with Gasteiger partial charge in [-0.25, -0.2) is 13.6 Å². The molecular formula is C12H15F2NO2. The molecule has 0 saturated carbocycles. The van der Waals surface area contributed by atoms with Crippen LogP contribution in [0.4, 0.5) is 8.78 Å². The Balaban J connectivity index is 3.27. The first kappa shape index (κ1) is 13.6. The van der Waals surface area contributed by atoms with Crippen molar-refractivity contribution in [1.29, 1.82) is 0 Å². The molecule has 0 amide bonds. The van der Waals surface area contributed by atoms with Crippen LogP contribution in [0, 0.1) is 11.6 Å². The predicted molar refractivity (Wildman–Crippen MR) is 59.6 cm³/mol. The van der Waals surface area contributed by atoms with E-state index in [1.54, 1.807) is 13.8 Å². The monoisotopic (exact) mass is 243 g/mol. The highest BCUT2D eigenvalue weighted by atomic mass is 19.1. The first-order valence-corrected chi connectivity index (χ1v) is 5.24. The minimum absolute atomic E-state index is 0.0832. The number of aliphatic carboxylic acids is 1. The van der Waals surface area contributed by atoms with Gasteiger partial charge in [0.05, 0.1) is 0 Å². The van der Waals surface area contributed by atoms with E-state index in [9.17, 15) is 18.7 Å². The van der Waals surface area contributed by atoms with Crippen molar-refractivity contribution in [2.45, 2.75) is 32.4 Å². The van der Waals surface area contributed by atoms with E-state index in [0.717, 1.165) is 12.1 Å². The zero-order valence-corrected chi connectivity index (χ0v) is 9.92. The van der Waals surface area contributed by atoms with E-state index in [4.69, 9.17) is 0 Å². The highest BCUT2D eigenvalue weighted by Gasteiger charge is 2.37. The summed E-state index contributed by atoms with van der Waals surface area (Å²) in [5.74, 6) is -2.82. The maximum absolute atomic E-state index is 13.6. The molecule has 1 atom stereocenters. The van der Waals surface area contributed by atoms with Gasteiger partial charge in [0.2, 0.25) is 0 Å². The molecule has 94 valence electrons. The summed E-state index contributed by atoms with van der Waals surface area (Å²) in [5, 5.41) is 12.0. The molecule has 3 nitrogen and oxygen atoms in total. The first-order chi connectivity index (χ1) is 7.77. The molecule has 1 unspecified atom stereocenters. The van der Waals surface area contributed by atoms with Crippen molar-refractivity contribution in [1.82, 2.24) is 5.32 Å². The third-order valence-electron chi connectivity index (χ3n) is 2.47. The normalized spacial score (nSPS) is 14.7. The van der Waals surface area contributed by atoms with Gasteiger partial charge in [-0.1, -0.05) is 6.07 Å². The molecule has 1 rings (SSSR count). The van der Waals surface area contributed by atoms with Gasteiger partial charge in [0.15, 0.2) is 0 Å². The number of hydrogen-bond donors (Lipinski definition) is 2. The van der Waals surface area contributed by atoms with E-state index >= 15 is 0 Å². The third kappa shape index (κ3) is 2.79. The van der Waals surface area contributed by atoms with Gasteiger partial charge < -0.3 is 5.11 Å². The summed E-state index contributed by atoms with van der Waals surface area (Å²) in [6.45, 7) is 4.86. The summed E-state index contributed by atoms with van der Waals surface area (Å²) in [5.41, 5.74) is -1.66. The molecule has 0 spiro atoms. The van der Waals surface area contributed by atoms with Gasteiger partial charge in [0, 0.05) is 17.7 Å². The summed E-state index contributed by atoms with van der Waals surface area (Å²) < 4.78 is 26.4. The van der Waals surface area contributed by atoms with Crippen LogP contribution in [0.5, 0.6) is 0 Å². The van der Waals surface area contributed by atoms with Crippen molar-refractivity contribution in [3.63, 3.8) is 0 Å². The Labute approximate surface area is 98.5 Å². The second kappa shape index (κ2) is 4.79. The lowest BCUT2D eigenvalue weighted by Gasteiger charge is -2.29. The number of halogens is 2. The molecule has 0 aliphatic rings. The number of carboxylic acids is 1. The molecule has 1 aromatic carbocycles. The Morgan fingerprint density at radius 2 is 2.00 bits per heavy atom. The van der Waals surface area contributed by atoms with Crippen LogP contribution < -0.4 is 5.32 Å². The summed E-state index contributed by atoms with van der Waals surface area (Å²) in [6, 6.07) is 2.72. The Kier molecular flexibility index (Phi) is 3.83. The molecule has 1 aromatic rings. The molecule has 0 aromatic heterocycles. The summed E-state index contributed by atoms with van der Waals surface area (Å²) in [6.07, 6.45) is 0. The molecule has 0 bridgehead atoms. The second-order valence-electron chi connectivity index (χ2n) is 4.35. The van der Waals surface area contributed by atoms with E-state index in [2.05, 4.69) is 5.32 Å². The summed E-state index contributed by atoms with van der Waals surface area (Å²) in [4.78, 5) is 11.3. The van der Waals surface area contributed by atoms with Crippen LogP contribution in [0.15, 0.2) is 18.2 Å². The number of carbonyl (C=O) groups is 1. The number of benzene rings is 1. The van der Waals surface area contributed by atoms with Crippen LogP contribution >= 0.6 is 0 Å². The van der Waals surface area contributed by atoms with E-state index in [1.165, 1.54) is 6.92 Å². The van der Waals surface area contributed by atoms with Crippen molar-refractivity contribution in [2.24, 2.45) is 0 Å². The number of nitrogens with one attached hydrogen (secondary N) is 1. The maximum Gasteiger partial charge on any atom is 0.328 e. The fourth-order valence-corrected chi connectivity index (χ4v) is 1.73. The smallest absolute Gasteiger partial charge is 0.328 e. The summed E-state index contributed by atoms with van der Waals surface area (Å²) in [7, 11) is 0. The average molecular weight is 243 g/mol. The van der Waals surface area contributed by atoms with Crippen LogP contribution in [0.2, 0.25) is 0 Å². The molecule has 0 fully saturated rings. The van der Waals surface area contributed by atoms with E-state index in [1.807, 2.05) is 0 Å². The lowest BCUT2D eigenvalue weighted by atomic mass is 9.90. The molecule has 0 aliphatic heterocycles. The molecule has 0 radical (unpaired) electrons. The molecule has 5 heteroatoms. The molecular weight excluding hydrogens is 228 g/mol. The van der Waals surface area contributed by atoms with Crippen molar-refractivity contribution < 1.29 is 18.7 Å². The first-order valence-electron chi connectivity index (χ1n) is 5.24. The number of hydrogen-bond acceptors (Lipinski definition) is 2. The van der Waals surface area contributed by atoms with Crippen molar-refractivity contribution in [3.05, 3.63) is 35.4 Å². The van der Waals surface area contributed by atoms with Crippen molar-refractivity contribution in [2.75, 3.05) is 0 Å². The highest BCUT2D eigenvalue weighted by Crippen LogP contribution is 2.25. The lowest BCUT2D eigenvalue weighted by Crippen LogP contribution is -2.50. The Bertz CT molecular complexity index is 435. The standard InChI is InChI=1S/C12H15F2NO2/c1-7(2)15-12(3,11(16)17)9-5-4-8(13)6-10(9)14/h4-7,15H,1-3H3,(H,16,17). The SMILES string of the molecule is CC(C)NC(C)(C(=O)O)c1ccc(F)cc1F. The zero-order valence-electron chi connectivity index (χ0n) is 9.92. The fraction of sp³-hybridized carbons (Fsp3) is 0.417. The molecule has 0 saturated heterocycles. The van der Waals surface area contributed by atoms with E-state index < -0.39 is 23.1 Å². The van der Waals surface area contributed by atoms with E-state index in [-0.39, 0.29) is 11.6 Å². The number of carboxylic acid groups (broad SMARTS) is 1. The number of rotatable bonds is 4. The largest absolute Gasteiger partial charge is 0.480 e. The quantitative estimate of drug-likeness (QED) is 0.852.